The maximum atomic E-state index is 12.7. The first-order chi connectivity index (χ1) is 9.45. The quantitative estimate of drug-likeness (QED) is 0.586. The van der Waals surface area contributed by atoms with Crippen LogP contribution in [0.15, 0.2) is 0 Å². The minimum absolute atomic E-state index is 0.0156. The molecule has 0 spiro atoms. The Hall–Kier alpha value is -0.530. The lowest BCUT2D eigenvalue weighted by molar-refractivity contribution is -0.137. The largest absolute Gasteiger partial charge is 0.345 e. The van der Waals surface area contributed by atoms with Gasteiger partial charge in [0.1, 0.15) is 0 Å². The van der Waals surface area contributed by atoms with Gasteiger partial charge >= 0.3 is 0 Å². The highest BCUT2D eigenvalue weighted by molar-refractivity contribution is 5.85. The van der Waals surface area contributed by atoms with Crippen molar-refractivity contribution < 1.29 is 4.79 Å². The first kappa shape index (κ1) is 18.5. The molecule has 1 aliphatic rings. The minimum atomic E-state index is 0.0156. The molecule has 0 saturated heterocycles. The van der Waals surface area contributed by atoms with Crippen LogP contribution in [0.1, 0.15) is 86.5 Å². The highest BCUT2D eigenvalue weighted by atomic mass is 16.2. The number of carbonyl (C=O) groups is 1. The molecule has 0 heterocycles. The molecule has 0 radical (unpaired) electrons. The second kappa shape index (κ2) is 6.71. The lowest BCUT2D eigenvalue weighted by Crippen LogP contribution is -2.39. The van der Waals surface area contributed by atoms with Crippen molar-refractivity contribution in [2.45, 2.75) is 86.5 Å². The molecule has 0 atom stereocenters. The van der Waals surface area contributed by atoms with Crippen molar-refractivity contribution in [3.05, 3.63) is 0 Å². The van der Waals surface area contributed by atoms with E-state index in [2.05, 4.69) is 41.5 Å². The van der Waals surface area contributed by atoms with Gasteiger partial charge in [-0.25, -0.2) is 0 Å². The Labute approximate surface area is 132 Å². The molecule has 1 aliphatic carbocycles. The molecule has 1 amide bonds. The molecule has 0 N–H and O–H groups in total. The van der Waals surface area contributed by atoms with E-state index in [-0.39, 0.29) is 10.8 Å². The summed E-state index contributed by atoms with van der Waals surface area (Å²) in [4.78, 5) is 14.6. The van der Waals surface area contributed by atoms with Gasteiger partial charge in [-0.1, -0.05) is 60.8 Å². The van der Waals surface area contributed by atoms with Gasteiger partial charge in [-0.3, -0.25) is 4.79 Å². The van der Waals surface area contributed by atoms with Crippen molar-refractivity contribution in [2.24, 2.45) is 16.2 Å². The fraction of sp³-hybridized carbons (Fsp3) is 0.947. The summed E-state index contributed by atoms with van der Waals surface area (Å²) in [7, 11) is 1.98. The molecule has 0 aromatic heterocycles. The van der Waals surface area contributed by atoms with Crippen molar-refractivity contribution in [3.63, 3.8) is 0 Å². The predicted molar refractivity (Wildman–Crippen MR) is 91.3 cm³/mol. The predicted octanol–water partition coefficient (Wildman–Crippen LogP) is 5.27. The topological polar surface area (TPSA) is 20.3 Å². The normalized spacial score (nSPS) is 17.7. The summed E-state index contributed by atoms with van der Waals surface area (Å²) in [6, 6.07) is 0. The number of carbonyl (C=O) groups excluding carboxylic acids is 1. The Morgan fingerprint density at radius 1 is 0.952 bits per heavy atom. The summed E-state index contributed by atoms with van der Waals surface area (Å²) in [5, 5.41) is 0. The standard InChI is InChI=1S/C19H37NO/c1-17(2,3)11-9-8-10-12-19(13-14-19)16(21)20(7)15-18(4,5)6/h8-15H2,1-7H3. The van der Waals surface area contributed by atoms with Crippen LogP contribution in [0.5, 0.6) is 0 Å². The van der Waals surface area contributed by atoms with E-state index in [1.54, 1.807) is 0 Å². The van der Waals surface area contributed by atoms with Gasteiger partial charge in [-0.05, 0) is 36.5 Å². The van der Waals surface area contributed by atoms with Gasteiger partial charge in [0.05, 0.1) is 0 Å². The zero-order valence-electron chi connectivity index (χ0n) is 15.5. The number of hydrogen-bond donors (Lipinski definition) is 0. The smallest absolute Gasteiger partial charge is 0.228 e. The average molecular weight is 296 g/mol. The Kier molecular flexibility index (Phi) is 5.91. The minimum Gasteiger partial charge on any atom is -0.345 e. The molecule has 2 heteroatoms. The summed E-state index contributed by atoms with van der Waals surface area (Å²) in [6.07, 6.45) is 8.40. The lowest BCUT2D eigenvalue weighted by Gasteiger charge is -2.30. The van der Waals surface area contributed by atoms with Gasteiger partial charge in [-0.15, -0.1) is 0 Å². The van der Waals surface area contributed by atoms with Crippen LogP contribution in [0.2, 0.25) is 0 Å². The van der Waals surface area contributed by atoms with Crippen molar-refractivity contribution in [1.82, 2.24) is 4.90 Å². The summed E-state index contributed by atoms with van der Waals surface area (Å²) < 4.78 is 0. The molecule has 124 valence electrons. The van der Waals surface area contributed by atoms with Crippen LogP contribution >= 0.6 is 0 Å². The van der Waals surface area contributed by atoms with Gasteiger partial charge in [0.25, 0.3) is 0 Å². The third-order valence-electron chi connectivity index (χ3n) is 4.45. The molecule has 0 aromatic carbocycles. The van der Waals surface area contributed by atoms with E-state index in [4.69, 9.17) is 0 Å². The van der Waals surface area contributed by atoms with E-state index in [9.17, 15) is 4.79 Å². The summed E-state index contributed by atoms with van der Waals surface area (Å²) >= 11 is 0. The van der Waals surface area contributed by atoms with Crippen LogP contribution in [-0.2, 0) is 4.79 Å². The number of nitrogens with zero attached hydrogens (tertiary/aromatic N) is 1. The van der Waals surface area contributed by atoms with Crippen molar-refractivity contribution in [2.75, 3.05) is 13.6 Å². The van der Waals surface area contributed by atoms with Crippen LogP contribution in [-0.4, -0.2) is 24.4 Å². The molecule has 0 aliphatic heterocycles. The van der Waals surface area contributed by atoms with Crippen LogP contribution in [0.3, 0.4) is 0 Å². The molecule has 1 fully saturated rings. The molecule has 2 nitrogen and oxygen atoms in total. The molecule has 0 unspecified atom stereocenters. The van der Waals surface area contributed by atoms with Crippen LogP contribution in [0, 0.1) is 16.2 Å². The fourth-order valence-corrected chi connectivity index (χ4v) is 3.21. The maximum Gasteiger partial charge on any atom is 0.228 e. The highest BCUT2D eigenvalue weighted by Gasteiger charge is 2.50. The van der Waals surface area contributed by atoms with E-state index in [0.717, 1.165) is 25.8 Å². The molecule has 0 aromatic rings. The SMILES string of the molecule is CN(CC(C)(C)C)C(=O)C1(CCCCCC(C)(C)C)CC1. The highest BCUT2D eigenvalue weighted by Crippen LogP contribution is 2.51. The molecule has 21 heavy (non-hydrogen) atoms. The monoisotopic (exact) mass is 295 g/mol. The lowest BCUT2D eigenvalue weighted by atomic mass is 9.88. The van der Waals surface area contributed by atoms with Gasteiger partial charge in [-0.2, -0.15) is 0 Å². The first-order valence-electron chi connectivity index (χ1n) is 8.71. The second-order valence-electron chi connectivity index (χ2n) is 9.62. The van der Waals surface area contributed by atoms with Gasteiger partial charge in [0, 0.05) is 19.0 Å². The first-order valence-corrected chi connectivity index (χ1v) is 8.71. The summed E-state index contributed by atoms with van der Waals surface area (Å²) in [5.74, 6) is 0.397. The number of hydrogen-bond acceptors (Lipinski definition) is 1. The van der Waals surface area contributed by atoms with Gasteiger partial charge in [0.15, 0.2) is 0 Å². The average Bonchev–Trinajstić information content (AvgIpc) is 3.05. The Morgan fingerprint density at radius 2 is 1.52 bits per heavy atom. The van der Waals surface area contributed by atoms with Crippen LogP contribution in [0.25, 0.3) is 0 Å². The zero-order valence-corrected chi connectivity index (χ0v) is 15.5. The third-order valence-corrected chi connectivity index (χ3v) is 4.45. The van der Waals surface area contributed by atoms with E-state index in [1.165, 1.54) is 25.7 Å². The summed E-state index contributed by atoms with van der Waals surface area (Å²) in [5.41, 5.74) is 0.648. The molecule has 1 saturated carbocycles. The van der Waals surface area contributed by atoms with Crippen molar-refractivity contribution in [3.8, 4) is 0 Å². The van der Waals surface area contributed by atoms with E-state index in [1.807, 2.05) is 11.9 Å². The van der Waals surface area contributed by atoms with Gasteiger partial charge in [0.2, 0.25) is 5.91 Å². The zero-order chi connectivity index (χ0) is 16.3. The Bertz CT molecular complexity index is 342. The van der Waals surface area contributed by atoms with Gasteiger partial charge < -0.3 is 4.90 Å². The number of amides is 1. The summed E-state index contributed by atoms with van der Waals surface area (Å²) in [6.45, 7) is 14.4. The molecular weight excluding hydrogens is 258 g/mol. The third kappa shape index (κ3) is 6.84. The Balaban J connectivity index is 2.32. The fourth-order valence-electron chi connectivity index (χ4n) is 3.21. The van der Waals surface area contributed by atoms with Crippen LogP contribution in [0.4, 0.5) is 0 Å². The van der Waals surface area contributed by atoms with Crippen molar-refractivity contribution >= 4 is 5.91 Å². The molecular formula is C19H37NO. The van der Waals surface area contributed by atoms with Crippen LogP contribution < -0.4 is 0 Å². The second-order valence-corrected chi connectivity index (χ2v) is 9.62. The number of unbranched alkanes of at least 4 members (excludes halogenated alkanes) is 2. The van der Waals surface area contributed by atoms with E-state index < -0.39 is 0 Å². The van der Waals surface area contributed by atoms with Crippen molar-refractivity contribution in [1.29, 1.82) is 0 Å². The van der Waals surface area contributed by atoms with E-state index in [0.29, 0.717) is 11.3 Å². The maximum absolute atomic E-state index is 12.7. The van der Waals surface area contributed by atoms with E-state index >= 15 is 0 Å². The Morgan fingerprint density at radius 3 is 1.95 bits per heavy atom. The number of rotatable bonds is 7. The molecule has 1 rings (SSSR count). The molecule has 0 bridgehead atoms.